The second-order valence-electron chi connectivity index (χ2n) is 7.28. The number of amides is 2. The highest BCUT2D eigenvalue weighted by Crippen LogP contribution is 2.25. The summed E-state index contributed by atoms with van der Waals surface area (Å²) in [5.41, 5.74) is 2.32. The van der Waals surface area contributed by atoms with Crippen LogP contribution in [0, 0.1) is 0 Å². The van der Waals surface area contributed by atoms with Crippen LogP contribution in [0.5, 0.6) is 0 Å². The third-order valence-corrected chi connectivity index (χ3v) is 5.24. The van der Waals surface area contributed by atoms with Crippen molar-refractivity contribution in [3.63, 3.8) is 0 Å². The van der Waals surface area contributed by atoms with Crippen molar-refractivity contribution in [3.8, 4) is 0 Å². The second-order valence-corrected chi connectivity index (χ2v) is 8.19. The van der Waals surface area contributed by atoms with E-state index in [1.807, 2.05) is 43.7 Å². The predicted molar refractivity (Wildman–Crippen MR) is 113 cm³/mol. The number of nitrogens with one attached hydrogen (secondary N) is 1. The molecule has 2 amide bonds. The lowest BCUT2D eigenvalue weighted by atomic mass is 10.0. The van der Waals surface area contributed by atoms with Crippen molar-refractivity contribution in [2.75, 3.05) is 39.5 Å². The van der Waals surface area contributed by atoms with Crippen molar-refractivity contribution in [3.05, 3.63) is 52.4 Å². The fourth-order valence-electron chi connectivity index (χ4n) is 2.70. The minimum atomic E-state index is -0.197. The van der Waals surface area contributed by atoms with Gasteiger partial charge in [-0.1, -0.05) is 26.0 Å². The molecule has 1 aromatic heterocycles. The van der Waals surface area contributed by atoms with E-state index in [0.29, 0.717) is 28.6 Å². The van der Waals surface area contributed by atoms with Crippen LogP contribution in [0.1, 0.15) is 52.5 Å². The zero-order valence-corrected chi connectivity index (χ0v) is 17.6. The summed E-state index contributed by atoms with van der Waals surface area (Å²) >= 11 is 1.37. The number of hydrogen-bond acceptors (Lipinski definition) is 4. The summed E-state index contributed by atoms with van der Waals surface area (Å²) in [5.74, 6) is 0.157. The first kappa shape index (κ1) is 21.1. The lowest BCUT2D eigenvalue weighted by Crippen LogP contribution is -2.30. The van der Waals surface area contributed by atoms with Gasteiger partial charge in [-0.15, -0.1) is 11.3 Å². The molecule has 0 aliphatic heterocycles. The van der Waals surface area contributed by atoms with Gasteiger partial charge >= 0.3 is 0 Å². The molecule has 2 rings (SSSR count). The fourth-order valence-corrected chi connectivity index (χ4v) is 3.47. The quantitative estimate of drug-likeness (QED) is 0.740. The van der Waals surface area contributed by atoms with Crippen molar-refractivity contribution < 1.29 is 9.59 Å². The van der Waals surface area contributed by atoms with E-state index in [-0.39, 0.29) is 11.8 Å². The van der Waals surface area contributed by atoms with Crippen LogP contribution in [0.15, 0.2) is 35.7 Å². The molecule has 2 aromatic rings. The Hall–Kier alpha value is -2.18. The molecule has 0 bridgehead atoms. The molecule has 0 aliphatic rings. The largest absolute Gasteiger partial charge is 0.342 e. The number of anilines is 1. The normalized spacial score (nSPS) is 11.1. The number of benzene rings is 1. The van der Waals surface area contributed by atoms with Crippen molar-refractivity contribution in [1.29, 1.82) is 0 Å². The fraction of sp³-hybridized carbons (Fsp3) is 0.429. The lowest BCUT2D eigenvalue weighted by Gasteiger charge is -2.19. The molecule has 6 heteroatoms. The average Bonchev–Trinajstić information content (AvgIpc) is 3.08. The van der Waals surface area contributed by atoms with Crippen LogP contribution in [0.25, 0.3) is 0 Å². The molecule has 0 fully saturated rings. The standard InChI is InChI=1S/C21H29N3O2S/c1-15(2)16-7-9-17(10-8-16)19(25)22-20-18(11-14-27-20)21(26)24(5)13-6-12-23(3)4/h7-11,14-15H,6,12-13H2,1-5H3,(H,22,25). The topological polar surface area (TPSA) is 52.7 Å². The van der Waals surface area contributed by atoms with Crippen LogP contribution >= 0.6 is 11.3 Å². The summed E-state index contributed by atoms with van der Waals surface area (Å²) in [6.07, 6.45) is 0.906. The van der Waals surface area contributed by atoms with Gasteiger partial charge in [-0.25, -0.2) is 0 Å². The van der Waals surface area contributed by atoms with E-state index >= 15 is 0 Å². The molecule has 1 N–H and O–H groups in total. The third-order valence-electron chi connectivity index (χ3n) is 4.41. The highest BCUT2D eigenvalue weighted by molar-refractivity contribution is 7.14. The van der Waals surface area contributed by atoms with E-state index in [4.69, 9.17) is 0 Å². The van der Waals surface area contributed by atoms with Crippen molar-refractivity contribution >= 4 is 28.2 Å². The maximum Gasteiger partial charge on any atom is 0.256 e. The summed E-state index contributed by atoms with van der Waals surface area (Å²) in [4.78, 5) is 29.1. The van der Waals surface area contributed by atoms with Crippen molar-refractivity contribution in [1.82, 2.24) is 9.80 Å². The highest BCUT2D eigenvalue weighted by Gasteiger charge is 2.19. The zero-order valence-electron chi connectivity index (χ0n) is 16.8. The first-order valence-corrected chi connectivity index (χ1v) is 10.1. The van der Waals surface area contributed by atoms with Gasteiger partial charge in [0.15, 0.2) is 0 Å². The molecule has 5 nitrogen and oxygen atoms in total. The van der Waals surface area contributed by atoms with E-state index in [0.717, 1.165) is 13.0 Å². The van der Waals surface area contributed by atoms with Gasteiger partial charge in [0.05, 0.1) is 5.56 Å². The Labute approximate surface area is 166 Å². The van der Waals surface area contributed by atoms with Gasteiger partial charge < -0.3 is 15.1 Å². The van der Waals surface area contributed by atoms with E-state index in [1.54, 1.807) is 18.0 Å². The van der Waals surface area contributed by atoms with Crippen LogP contribution < -0.4 is 5.32 Å². The molecule has 1 aromatic carbocycles. The molecule has 0 saturated heterocycles. The maximum absolute atomic E-state index is 12.7. The molecule has 0 radical (unpaired) electrons. The van der Waals surface area contributed by atoms with Crippen molar-refractivity contribution in [2.24, 2.45) is 0 Å². The number of nitrogens with zero attached hydrogens (tertiary/aromatic N) is 2. The summed E-state index contributed by atoms with van der Waals surface area (Å²) in [5, 5.41) is 5.32. The van der Waals surface area contributed by atoms with E-state index in [2.05, 4.69) is 24.1 Å². The molecule has 27 heavy (non-hydrogen) atoms. The number of hydrogen-bond donors (Lipinski definition) is 1. The molecule has 1 heterocycles. The number of carbonyl (C=O) groups is 2. The maximum atomic E-state index is 12.7. The number of rotatable bonds is 8. The Bertz CT molecular complexity index is 766. The van der Waals surface area contributed by atoms with Gasteiger partial charge in [0.25, 0.3) is 11.8 Å². The Morgan fingerprint density at radius 2 is 1.70 bits per heavy atom. The van der Waals surface area contributed by atoms with E-state index in [9.17, 15) is 9.59 Å². The van der Waals surface area contributed by atoms with Crippen LogP contribution in [0.3, 0.4) is 0 Å². The van der Waals surface area contributed by atoms with Crippen LogP contribution in [0.2, 0.25) is 0 Å². The van der Waals surface area contributed by atoms with E-state index in [1.165, 1.54) is 16.9 Å². The Morgan fingerprint density at radius 3 is 2.30 bits per heavy atom. The number of carbonyl (C=O) groups excluding carboxylic acids is 2. The molecular weight excluding hydrogens is 358 g/mol. The summed E-state index contributed by atoms with van der Waals surface area (Å²) in [6.45, 7) is 5.84. The van der Waals surface area contributed by atoms with Crippen LogP contribution in [0.4, 0.5) is 5.00 Å². The van der Waals surface area contributed by atoms with Gasteiger partial charge in [-0.3, -0.25) is 9.59 Å². The summed E-state index contributed by atoms with van der Waals surface area (Å²) in [7, 11) is 5.83. The lowest BCUT2D eigenvalue weighted by molar-refractivity contribution is 0.0792. The summed E-state index contributed by atoms with van der Waals surface area (Å²) in [6, 6.07) is 9.37. The molecule has 0 aliphatic carbocycles. The Morgan fingerprint density at radius 1 is 1.04 bits per heavy atom. The van der Waals surface area contributed by atoms with Gasteiger partial charge in [0, 0.05) is 19.2 Å². The molecule has 0 spiro atoms. The highest BCUT2D eigenvalue weighted by atomic mass is 32.1. The second kappa shape index (κ2) is 9.67. The molecular formula is C21H29N3O2S. The molecule has 146 valence electrons. The molecule has 0 atom stereocenters. The zero-order chi connectivity index (χ0) is 20.0. The van der Waals surface area contributed by atoms with Crippen molar-refractivity contribution in [2.45, 2.75) is 26.2 Å². The first-order valence-electron chi connectivity index (χ1n) is 9.18. The van der Waals surface area contributed by atoms with Crippen LogP contribution in [-0.2, 0) is 0 Å². The smallest absolute Gasteiger partial charge is 0.256 e. The van der Waals surface area contributed by atoms with E-state index < -0.39 is 0 Å². The van der Waals surface area contributed by atoms with Crippen LogP contribution in [-0.4, -0.2) is 55.8 Å². The van der Waals surface area contributed by atoms with Gasteiger partial charge in [-0.2, -0.15) is 0 Å². The monoisotopic (exact) mass is 387 g/mol. The summed E-state index contributed by atoms with van der Waals surface area (Å²) < 4.78 is 0. The predicted octanol–water partition coefficient (Wildman–Crippen LogP) is 4.15. The first-order chi connectivity index (χ1) is 12.8. The Kier molecular flexibility index (Phi) is 7.56. The van der Waals surface area contributed by atoms with Gasteiger partial charge in [-0.05, 0) is 62.1 Å². The Balaban J connectivity index is 2.03. The average molecular weight is 388 g/mol. The minimum Gasteiger partial charge on any atom is -0.342 e. The SMILES string of the molecule is CC(C)c1ccc(C(=O)Nc2sccc2C(=O)N(C)CCCN(C)C)cc1. The molecule has 0 saturated carbocycles. The van der Waals surface area contributed by atoms with Gasteiger partial charge in [0.1, 0.15) is 5.00 Å². The third kappa shape index (κ3) is 5.91. The molecule has 0 unspecified atom stereocenters. The number of thiophene rings is 1. The van der Waals surface area contributed by atoms with Gasteiger partial charge in [0.2, 0.25) is 0 Å². The minimum absolute atomic E-state index is 0.0690.